The van der Waals surface area contributed by atoms with Gasteiger partial charge in [0.05, 0.1) is 19.6 Å². The van der Waals surface area contributed by atoms with Gasteiger partial charge < -0.3 is 0 Å². The van der Waals surface area contributed by atoms with E-state index in [0.717, 1.165) is 5.56 Å². The molecule has 158 valence electrons. The fourth-order valence-corrected chi connectivity index (χ4v) is 5.74. The number of sulfone groups is 2. The number of hydrogen-bond acceptors (Lipinski definition) is 4. The van der Waals surface area contributed by atoms with Gasteiger partial charge in [-0.05, 0) is 55.0 Å². The van der Waals surface area contributed by atoms with Crippen LogP contribution in [0.15, 0.2) is 135 Å². The number of rotatable bonds is 4. The quantitative estimate of drug-likeness (QED) is 0.420. The summed E-state index contributed by atoms with van der Waals surface area (Å²) < 4.78 is 48.6. The number of hydrogen-bond donors (Lipinski definition) is 0. The fourth-order valence-electron chi connectivity index (χ4n) is 2.92. The Hall–Kier alpha value is -3.22. The van der Waals surface area contributed by atoms with Crippen LogP contribution >= 0.6 is 0 Å². The number of aryl methyl sites for hydroxylation is 1. The normalized spacial score (nSPS) is 11.3. The minimum Gasteiger partial charge on any atom is -0.219 e. The average Bonchev–Trinajstić information content (AvgIpc) is 2.81. The highest BCUT2D eigenvalue weighted by atomic mass is 32.2. The van der Waals surface area contributed by atoms with Gasteiger partial charge >= 0.3 is 0 Å². The van der Waals surface area contributed by atoms with E-state index >= 15 is 0 Å². The van der Waals surface area contributed by atoms with E-state index in [9.17, 15) is 16.8 Å². The second kappa shape index (κ2) is 9.73. The first-order valence-corrected chi connectivity index (χ1v) is 12.5. The van der Waals surface area contributed by atoms with E-state index < -0.39 is 19.7 Å². The molecule has 0 aliphatic heterocycles. The van der Waals surface area contributed by atoms with Crippen LogP contribution < -0.4 is 0 Å². The molecule has 4 rings (SSSR count). The van der Waals surface area contributed by atoms with Crippen molar-refractivity contribution < 1.29 is 16.8 Å². The van der Waals surface area contributed by atoms with Gasteiger partial charge in [0.15, 0.2) is 0 Å². The van der Waals surface area contributed by atoms with Crippen LogP contribution in [0.4, 0.5) is 0 Å². The molecular weight excluding hydrogens is 428 g/mol. The van der Waals surface area contributed by atoms with Gasteiger partial charge in [0.25, 0.3) is 0 Å². The molecule has 0 atom stereocenters. The predicted octanol–water partition coefficient (Wildman–Crippen LogP) is 5.35. The van der Waals surface area contributed by atoms with Gasteiger partial charge in [-0.15, -0.1) is 0 Å². The molecule has 0 fully saturated rings. The third kappa shape index (κ3) is 5.29. The molecule has 6 heteroatoms. The molecule has 0 heterocycles. The van der Waals surface area contributed by atoms with Crippen LogP contribution in [0.25, 0.3) is 0 Å². The Balaban J connectivity index is 0.000000176. The van der Waals surface area contributed by atoms with Crippen LogP contribution in [-0.2, 0) is 19.7 Å². The Bertz CT molecular complexity index is 1290. The van der Waals surface area contributed by atoms with Gasteiger partial charge in [-0.25, -0.2) is 16.8 Å². The summed E-state index contributed by atoms with van der Waals surface area (Å²) in [6, 6.07) is 32.4. The summed E-state index contributed by atoms with van der Waals surface area (Å²) >= 11 is 0. The first-order valence-electron chi connectivity index (χ1n) is 9.54. The van der Waals surface area contributed by atoms with E-state index in [-0.39, 0.29) is 0 Å². The molecule has 0 spiro atoms. The van der Waals surface area contributed by atoms with Crippen molar-refractivity contribution in [3.63, 3.8) is 0 Å². The Morgan fingerprint density at radius 2 is 0.742 bits per heavy atom. The van der Waals surface area contributed by atoms with E-state index in [4.69, 9.17) is 0 Å². The lowest BCUT2D eigenvalue weighted by Gasteiger charge is -2.06. The van der Waals surface area contributed by atoms with Gasteiger partial charge in [0.2, 0.25) is 19.7 Å². The SMILES string of the molecule is Cc1ccccc1S(=O)(=O)c1ccccc1.O=S(=O)(c1ccccc1)c1ccccc1. The molecule has 4 nitrogen and oxygen atoms in total. The van der Waals surface area contributed by atoms with E-state index in [1.54, 1.807) is 116 Å². The van der Waals surface area contributed by atoms with E-state index in [2.05, 4.69) is 0 Å². The predicted molar refractivity (Wildman–Crippen MR) is 121 cm³/mol. The van der Waals surface area contributed by atoms with Crippen molar-refractivity contribution >= 4 is 19.7 Å². The molecule has 4 aromatic carbocycles. The van der Waals surface area contributed by atoms with Crippen LogP contribution in [-0.4, -0.2) is 16.8 Å². The highest BCUT2D eigenvalue weighted by Crippen LogP contribution is 2.23. The molecule has 0 bridgehead atoms. The standard InChI is InChI=1S/C13H12O2S.C12H10O2S/c1-11-7-5-6-10-13(11)16(14,15)12-8-3-2-4-9-12;13-15(14,11-7-3-1-4-8-11)12-9-5-2-6-10-12/h2-10H,1H3;1-10H. The molecule has 0 aromatic heterocycles. The lowest BCUT2D eigenvalue weighted by Crippen LogP contribution is -2.03. The van der Waals surface area contributed by atoms with Gasteiger partial charge in [-0.3, -0.25) is 0 Å². The van der Waals surface area contributed by atoms with Crippen molar-refractivity contribution in [1.82, 2.24) is 0 Å². The highest BCUT2D eigenvalue weighted by molar-refractivity contribution is 7.91. The second-order valence-electron chi connectivity index (χ2n) is 6.71. The third-order valence-electron chi connectivity index (χ3n) is 4.54. The van der Waals surface area contributed by atoms with Crippen LogP contribution in [0.5, 0.6) is 0 Å². The van der Waals surface area contributed by atoms with Crippen molar-refractivity contribution in [3.05, 3.63) is 121 Å². The Labute approximate surface area is 183 Å². The lowest BCUT2D eigenvalue weighted by atomic mass is 10.2. The lowest BCUT2D eigenvalue weighted by molar-refractivity contribution is 0.594. The highest BCUT2D eigenvalue weighted by Gasteiger charge is 2.18. The first-order chi connectivity index (χ1) is 14.8. The zero-order chi connectivity index (χ0) is 22.3. The fraction of sp³-hybridized carbons (Fsp3) is 0.0400. The summed E-state index contributed by atoms with van der Waals surface area (Å²) in [4.78, 5) is 1.37. The van der Waals surface area contributed by atoms with Crippen molar-refractivity contribution in [2.24, 2.45) is 0 Å². The van der Waals surface area contributed by atoms with Crippen molar-refractivity contribution in [1.29, 1.82) is 0 Å². The first kappa shape index (κ1) is 22.5. The van der Waals surface area contributed by atoms with Gasteiger partial charge in [0.1, 0.15) is 0 Å². The second-order valence-corrected chi connectivity index (χ2v) is 10.6. The van der Waals surface area contributed by atoms with Gasteiger partial charge in [-0.2, -0.15) is 0 Å². The molecule has 0 unspecified atom stereocenters. The molecule has 0 saturated carbocycles. The zero-order valence-corrected chi connectivity index (χ0v) is 18.6. The van der Waals surface area contributed by atoms with E-state index in [1.807, 2.05) is 6.07 Å². The Morgan fingerprint density at radius 1 is 0.419 bits per heavy atom. The van der Waals surface area contributed by atoms with Crippen LogP contribution in [0.2, 0.25) is 0 Å². The molecule has 4 aromatic rings. The van der Waals surface area contributed by atoms with E-state index in [0.29, 0.717) is 19.6 Å². The average molecular weight is 451 g/mol. The topological polar surface area (TPSA) is 68.3 Å². The maximum Gasteiger partial charge on any atom is 0.206 e. The molecule has 0 aliphatic rings. The summed E-state index contributed by atoms with van der Waals surface area (Å²) in [5.41, 5.74) is 0.770. The summed E-state index contributed by atoms with van der Waals surface area (Å²) in [6.07, 6.45) is 0. The molecule has 0 saturated heterocycles. The Morgan fingerprint density at radius 3 is 1.13 bits per heavy atom. The largest absolute Gasteiger partial charge is 0.219 e. The van der Waals surface area contributed by atoms with Gasteiger partial charge in [0, 0.05) is 0 Å². The zero-order valence-electron chi connectivity index (χ0n) is 16.9. The maximum atomic E-state index is 12.3. The maximum absolute atomic E-state index is 12.3. The third-order valence-corrected chi connectivity index (χ3v) is 8.26. The molecule has 0 amide bonds. The van der Waals surface area contributed by atoms with Crippen LogP contribution in [0, 0.1) is 6.92 Å². The Kier molecular flexibility index (Phi) is 7.05. The number of benzene rings is 4. The van der Waals surface area contributed by atoms with Crippen LogP contribution in [0.1, 0.15) is 5.56 Å². The van der Waals surface area contributed by atoms with Crippen molar-refractivity contribution in [2.75, 3.05) is 0 Å². The molecular formula is C25H22O4S2. The van der Waals surface area contributed by atoms with Gasteiger partial charge in [-0.1, -0.05) is 72.8 Å². The minimum absolute atomic E-state index is 0.330. The molecule has 31 heavy (non-hydrogen) atoms. The van der Waals surface area contributed by atoms with E-state index in [1.165, 1.54) is 0 Å². The summed E-state index contributed by atoms with van der Waals surface area (Å²) in [6.45, 7) is 1.80. The summed E-state index contributed by atoms with van der Waals surface area (Å²) in [5.74, 6) is 0. The van der Waals surface area contributed by atoms with Crippen LogP contribution in [0.3, 0.4) is 0 Å². The minimum atomic E-state index is -3.37. The monoisotopic (exact) mass is 450 g/mol. The summed E-state index contributed by atoms with van der Waals surface area (Å²) in [5, 5.41) is 0. The molecule has 0 radical (unpaired) electrons. The smallest absolute Gasteiger partial charge is 0.206 e. The van der Waals surface area contributed by atoms with Crippen molar-refractivity contribution in [2.45, 2.75) is 26.5 Å². The summed E-state index contributed by atoms with van der Waals surface area (Å²) in [7, 11) is -6.71. The molecule has 0 aliphatic carbocycles. The van der Waals surface area contributed by atoms with Crippen molar-refractivity contribution in [3.8, 4) is 0 Å². The molecule has 0 N–H and O–H groups in total.